The van der Waals surface area contributed by atoms with Gasteiger partial charge in [-0.2, -0.15) is 0 Å². The SMILES string of the molecule is CCC(=O)OCc1sc(-c2nc(C)c(COC(=O)CC)s2)nc1C. The van der Waals surface area contributed by atoms with Crippen LogP contribution in [0.5, 0.6) is 0 Å². The Labute approximate surface area is 148 Å². The smallest absolute Gasteiger partial charge is 0.305 e. The molecule has 2 heterocycles. The Morgan fingerprint density at radius 2 is 1.21 bits per heavy atom. The Morgan fingerprint density at radius 3 is 1.54 bits per heavy atom. The van der Waals surface area contributed by atoms with Crippen molar-refractivity contribution in [1.82, 2.24) is 9.97 Å². The Hall–Kier alpha value is -1.80. The maximum Gasteiger partial charge on any atom is 0.305 e. The molecule has 0 bridgehead atoms. The molecule has 0 radical (unpaired) electrons. The molecular formula is C16H20N2O4S2. The highest BCUT2D eigenvalue weighted by molar-refractivity contribution is 7.21. The largest absolute Gasteiger partial charge is 0.460 e. The van der Waals surface area contributed by atoms with Crippen LogP contribution < -0.4 is 0 Å². The molecule has 130 valence electrons. The van der Waals surface area contributed by atoms with Crippen molar-refractivity contribution in [3.63, 3.8) is 0 Å². The molecule has 0 N–H and O–H groups in total. The predicted octanol–water partition coefficient (Wildman–Crippen LogP) is 3.79. The topological polar surface area (TPSA) is 78.4 Å². The third kappa shape index (κ3) is 4.61. The van der Waals surface area contributed by atoms with Gasteiger partial charge in [-0.1, -0.05) is 13.8 Å². The molecule has 2 rings (SSSR count). The van der Waals surface area contributed by atoms with E-state index in [0.29, 0.717) is 12.8 Å². The summed E-state index contributed by atoms with van der Waals surface area (Å²) in [5.41, 5.74) is 1.68. The first kappa shape index (κ1) is 18.5. The number of esters is 2. The second-order valence-electron chi connectivity index (χ2n) is 5.08. The summed E-state index contributed by atoms with van der Waals surface area (Å²) < 4.78 is 10.3. The number of hydrogen-bond acceptors (Lipinski definition) is 8. The van der Waals surface area contributed by atoms with Crippen molar-refractivity contribution < 1.29 is 19.1 Å². The van der Waals surface area contributed by atoms with Crippen LogP contribution in [0.2, 0.25) is 0 Å². The molecule has 0 aliphatic carbocycles. The Bertz CT molecular complexity index is 674. The van der Waals surface area contributed by atoms with E-state index in [0.717, 1.165) is 31.2 Å². The van der Waals surface area contributed by atoms with E-state index in [9.17, 15) is 9.59 Å². The molecule has 6 nitrogen and oxygen atoms in total. The van der Waals surface area contributed by atoms with Gasteiger partial charge in [-0.25, -0.2) is 9.97 Å². The van der Waals surface area contributed by atoms with E-state index in [4.69, 9.17) is 9.47 Å². The maximum atomic E-state index is 11.3. The van der Waals surface area contributed by atoms with Crippen LogP contribution in [0, 0.1) is 13.8 Å². The molecule has 8 heteroatoms. The first-order valence-electron chi connectivity index (χ1n) is 7.68. The number of thiazole rings is 2. The van der Waals surface area contributed by atoms with Gasteiger partial charge in [-0.05, 0) is 13.8 Å². The van der Waals surface area contributed by atoms with Crippen LogP contribution in [0.4, 0.5) is 0 Å². The molecule has 0 aliphatic heterocycles. The first-order valence-corrected chi connectivity index (χ1v) is 9.32. The zero-order valence-electron chi connectivity index (χ0n) is 14.2. The highest BCUT2D eigenvalue weighted by Gasteiger charge is 2.16. The van der Waals surface area contributed by atoms with Crippen molar-refractivity contribution in [2.45, 2.75) is 53.8 Å². The Balaban J connectivity index is 2.11. The molecule has 2 aromatic heterocycles. The van der Waals surface area contributed by atoms with Crippen molar-refractivity contribution in [1.29, 1.82) is 0 Å². The summed E-state index contributed by atoms with van der Waals surface area (Å²) in [4.78, 5) is 33.4. The van der Waals surface area contributed by atoms with Gasteiger partial charge >= 0.3 is 11.9 Å². The molecule has 0 aromatic carbocycles. The van der Waals surface area contributed by atoms with Gasteiger partial charge in [-0.15, -0.1) is 22.7 Å². The number of ether oxygens (including phenoxy) is 2. The van der Waals surface area contributed by atoms with E-state index in [1.807, 2.05) is 13.8 Å². The summed E-state index contributed by atoms with van der Waals surface area (Å²) in [6, 6.07) is 0. The van der Waals surface area contributed by atoms with Gasteiger partial charge in [-0.3, -0.25) is 9.59 Å². The minimum atomic E-state index is -0.227. The quantitative estimate of drug-likeness (QED) is 0.692. The summed E-state index contributed by atoms with van der Waals surface area (Å²) in [6.07, 6.45) is 0.715. The lowest BCUT2D eigenvalue weighted by Gasteiger charge is -2.00. The van der Waals surface area contributed by atoms with Crippen LogP contribution in [-0.4, -0.2) is 21.9 Å². The Kier molecular flexibility index (Phi) is 6.44. The number of aryl methyl sites for hydroxylation is 2. The molecule has 24 heavy (non-hydrogen) atoms. The molecule has 0 fully saturated rings. The van der Waals surface area contributed by atoms with E-state index >= 15 is 0 Å². The highest BCUT2D eigenvalue weighted by Crippen LogP contribution is 2.33. The summed E-state index contributed by atoms with van der Waals surface area (Å²) >= 11 is 2.94. The van der Waals surface area contributed by atoms with E-state index in [1.165, 1.54) is 22.7 Å². The lowest BCUT2D eigenvalue weighted by molar-refractivity contribution is -0.145. The zero-order chi connectivity index (χ0) is 17.7. The second kappa shape index (κ2) is 8.34. The van der Waals surface area contributed by atoms with Crippen molar-refractivity contribution in [2.24, 2.45) is 0 Å². The third-order valence-electron chi connectivity index (χ3n) is 3.27. The van der Waals surface area contributed by atoms with Crippen molar-refractivity contribution >= 4 is 34.6 Å². The fourth-order valence-corrected chi connectivity index (χ4v) is 3.77. The molecule has 0 spiro atoms. The number of aromatic nitrogens is 2. The van der Waals surface area contributed by atoms with E-state index in [2.05, 4.69) is 9.97 Å². The van der Waals surface area contributed by atoms with Gasteiger partial charge in [0.1, 0.15) is 13.2 Å². The fraction of sp³-hybridized carbons (Fsp3) is 0.500. The average Bonchev–Trinajstić information content (AvgIpc) is 3.13. The molecule has 0 atom stereocenters. The molecule has 0 saturated heterocycles. The second-order valence-corrected chi connectivity index (χ2v) is 7.25. The van der Waals surface area contributed by atoms with Crippen LogP contribution in [0.1, 0.15) is 47.8 Å². The molecular weight excluding hydrogens is 348 g/mol. The van der Waals surface area contributed by atoms with Gasteiger partial charge in [0.15, 0.2) is 10.0 Å². The number of nitrogens with zero attached hydrogens (tertiary/aromatic N) is 2. The maximum absolute atomic E-state index is 11.3. The fourth-order valence-electron chi connectivity index (χ4n) is 1.80. The van der Waals surface area contributed by atoms with Crippen molar-refractivity contribution in [3.05, 3.63) is 21.1 Å². The van der Waals surface area contributed by atoms with E-state index in [1.54, 1.807) is 13.8 Å². The zero-order valence-corrected chi connectivity index (χ0v) is 15.8. The summed E-state index contributed by atoms with van der Waals surface area (Å²) in [6.45, 7) is 7.78. The lowest BCUT2D eigenvalue weighted by Crippen LogP contribution is -2.01. The summed E-state index contributed by atoms with van der Waals surface area (Å²) in [5.74, 6) is -0.455. The van der Waals surface area contributed by atoms with Gasteiger partial charge < -0.3 is 9.47 Å². The van der Waals surface area contributed by atoms with Crippen molar-refractivity contribution in [3.8, 4) is 10.0 Å². The number of rotatable bonds is 7. The van der Waals surface area contributed by atoms with Crippen LogP contribution in [-0.2, 0) is 32.3 Å². The van der Waals surface area contributed by atoms with Gasteiger partial charge in [0.2, 0.25) is 0 Å². The normalized spacial score (nSPS) is 10.7. The lowest BCUT2D eigenvalue weighted by atomic mass is 10.4. The average molecular weight is 368 g/mol. The molecule has 0 aliphatic rings. The van der Waals surface area contributed by atoms with E-state index < -0.39 is 0 Å². The molecule has 2 aromatic rings. The molecule has 0 amide bonds. The molecule has 0 saturated carbocycles. The van der Waals surface area contributed by atoms with E-state index in [-0.39, 0.29) is 25.2 Å². The van der Waals surface area contributed by atoms with Gasteiger partial charge in [0.25, 0.3) is 0 Å². The van der Waals surface area contributed by atoms with Crippen LogP contribution >= 0.6 is 22.7 Å². The third-order valence-corrected chi connectivity index (χ3v) is 5.68. The molecule has 0 unspecified atom stereocenters. The Morgan fingerprint density at radius 1 is 0.833 bits per heavy atom. The standard InChI is InChI=1S/C16H20N2O4S2/c1-5-13(19)21-7-11-9(3)17-15(23-11)16-18-10(4)12(24-16)8-22-14(20)6-2/h5-8H2,1-4H3. The minimum absolute atomic E-state index is 0.227. The highest BCUT2D eigenvalue weighted by atomic mass is 32.1. The van der Waals surface area contributed by atoms with Gasteiger partial charge in [0, 0.05) is 12.8 Å². The number of carbonyl (C=O) groups excluding carboxylic acids is 2. The number of carbonyl (C=O) groups is 2. The predicted molar refractivity (Wildman–Crippen MR) is 92.9 cm³/mol. The van der Waals surface area contributed by atoms with Gasteiger partial charge in [0.05, 0.1) is 21.1 Å². The monoisotopic (exact) mass is 368 g/mol. The first-order chi connectivity index (χ1) is 11.4. The summed E-state index contributed by atoms with van der Waals surface area (Å²) in [7, 11) is 0. The minimum Gasteiger partial charge on any atom is -0.460 e. The van der Waals surface area contributed by atoms with Crippen LogP contribution in [0.25, 0.3) is 10.0 Å². The number of hydrogen-bond donors (Lipinski definition) is 0. The van der Waals surface area contributed by atoms with Crippen LogP contribution in [0.15, 0.2) is 0 Å². The summed E-state index contributed by atoms with van der Waals surface area (Å²) in [5, 5.41) is 1.58. The van der Waals surface area contributed by atoms with Crippen molar-refractivity contribution in [2.75, 3.05) is 0 Å². The van der Waals surface area contributed by atoms with Crippen LogP contribution in [0.3, 0.4) is 0 Å².